The topological polar surface area (TPSA) is 147 Å². The van der Waals surface area contributed by atoms with Crippen LogP contribution in [0.1, 0.15) is 40.1 Å². The summed E-state index contributed by atoms with van der Waals surface area (Å²) < 4.78 is 31.2. The summed E-state index contributed by atoms with van der Waals surface area (Å²) in [4.78, 5) is 29.7. The molecule has 0 saturated carbocycles. The number of nitrogens with zero attached hydrogens (tertiary/aromatic N) is 2. The molecule has 1 atom stereocenters. The van der Waals surface area contributed by atoms with E-state index < -0.39 is 22.0 Å². The van der Waals surface area contributed by atoms with Crippen molar-refractivity contribution in [2.75, 3.05) is 11.6 Å². The maximum absolute atomic E-state index is 13.2. The first kappa shape index (κ1) is 24.4. The van der Waals surface area contributed by atoms with Crippen molar-refractivity contribution in [1.82, 2.24) is 19.9 Å². The maximum atomic E-state index is 13.2. The van der Waals surface area contributed by atoms with Crippen LogP contribution >= 0.6 is 11.6 Å². The second-order valence-electron chi connectivity index (χ2n) is 8.19. The highest BCUT2D eigenvalue weighted by Crippen LogP contribution is 2.32. The first-order chi connectivity index (χ1) is 16.4. The summed E-state index contributed by atoms with van der Waals surface area (Å²) in [7, 11) is -3.82. The Hall–Kier alpha value is -3.70. The summed E-state index contributed by atoms with van der Waals surface area (Å²) in [6.45, 7) is 5.37. The Kier molecular flexibility index (Phi) is 6.39. The molecule has 3 aromatic heterocycles. The van der Waals surface area contributed by atoms with Gasteiger partial charge in [-0.2, -0.15) is 5.10 Å². The van der Waals surface area contributed by atoms with Gasteiger partial charge in [-0.1, -0.05) is 17.7 Å². The van der Waals surface area contributed by atoms with E-state index in [-0.39, 0.29) is 22.0 Å². The number of halogens is 1. The molecule has 0 radical (unpaired) electrons. The van der Waals surface area contributed by atoms with Crippen LogP contribution in [-0.4, -0.2) is 35.8 Å². The minimum absolute atomic E-state index is 0.0218. The predicted molar refractivity (Wildman–Crippen MR) is 133 cm³/mol. The lowest BCUT2D eigenvalue weighted by Gasteiger charge is -2.20. The van der Waals surface area contributed by atoms with Crippen molar-refractivity contribution in [2.45, 2.75) is 26.8 Å². The van der Waals surface area contributed by atoms with Crippen LogP contribution < -0.4 is 15.5 Å². The van der Waals surface area contributed by atoms with Gasteiger partial charge in [-0.3, -0.25) is 14.7 Å². The van der Waals surface area contributed by atoms with Crippen LogP contribution in [0.5, 0.6) is 0 Å². The summed E-state index contributed by atoms with van der Waals surface area (Å²) in [5.74, 6) is -0.554. The van der Waals surface area contributed by atoms with E-state index in [9.17, 15) is 18.0 Å². The highest BCUT2D eigenvalue weighted by molar-refractivity contribution is 7.89. The highest BCUT2D eigenvalue weighted by Gasteiger charge is 2.22. The Morgan fingerprint density at radius 1 is 1.20 bits per heavy atom. The number of nitrogens with one attached hydrogen (secondary N) is 3. The molecule has 35 heavy (non-hydrogen) atoms. The number of H-pyrrole nitrogens is 1. The highest BCUT2D eigenvalue weighted by atomic mass is 35.5. The van der Waals surface area contributed by atoms with E-state index in [4.69, 9.17) is 16.0 Å². The predicted octanol–water partition coefficient (Wildman–Crippen LogP) is 3.71. The van der Waals surface area contributed by atoms with Crippen LogP contribution in [0.2, 0.25) is 5.15 Å². The summed E-state index contributed by atoms with van der Waals surface area (Å²) in [5.41, 5.74) is 2.77. The average Bonchev–Trinajstić information content (AvgIpc) is 3.30. The van der Waals surface area contributed by atoms with E-state index in [1.807, 2.05) is 24.6 Å². The fourth-order valence-corrected chi connectivity index (χ4v) is 4.36. The van der Waals surface area contributed by atoms with Gasteiger partial charge < -0.3 is 9.73 Å². The number of carbonyl (C=O) groups is 1. The second kappa shape index (κ2) is 9.16. The number of pyridine rings is 1. The molecule has 3 heterocycles. The number of benzene rings is 1. The number of rotatable bonds is 6. The lowest BCUT2D eigenvalue weighted by atomic mass is 9.99. The fourth-order valence-electron chi connectivity index (χ4n) is 3.78. The molecule has 0 aliphatic carbocycles. The number of hydrogen-bond donors (Lipinski definition) is 3. The van der Waals surface area contributed by atoms with Crippen molar-refractivity contribution in [1.29, 1.82) is 0 Å². The molecule has 182 valence electrons. The number of aromatic nitrogens is 3. The molecule has 4 aromatic rings. The van der Waals surface area contributed by atoms with Gasteiger partial charge in [0, 0.05) is 17.3 Å². The van der Waals surface area contributed by atoms with E-state index in [0.29, 0.717) is 33.6 Å². The van der Waals surface area contributed by atoms with Crippen molar-refractivity contribution in [3.63, 3.8) is 0 Å². The molecule has 1 amide bonds. The van der Waals surface area contributed by atoms with Gasteiger partial charge in [-0.15, -0.1) is 0 Å². The minimum Gasteiger partial charge on any atom is -0.454 e. The standard InChI is InChI=1S/C23H22ClN5O5S/c1-11-9-14(22-15(10-11)20(30)12(2)21(34-22)17-7-8-25-28-17)13(3)26-16-5-6-18(24)27-19(16)23(31)29-35(4,32)33/h5-10,13,26H,1-4H3,(H,25,28)(H,29,31). The van der Waals surface area contributed by atoms with Crippen LogP contribution in [0.4, 0.5) is 5.69 Å². The Balaban J connectivity index is 1.82. The molecular formula is C23H22ClN5O5S. The van der Waals surface area contributed by atoms with Gasteiger partial charge in [0.15, 0.2) is 16.9 Å². The zero-order chi connectivity index (χ0) is 25.5. The van der Waals surface area contributed by atoms with Gasteiger partial charge in [0.1, 0.15) is 16.4 Å². The van der Waals surface area contributed by atoms with E-state index >= 15 is 0 Å². The monoisotopic (exact) mass is 515 g/mol. The van der Waals surface area contributed by atoms with Crippen LogP contribution in [0.25, 0.3) is 22.4 Å². The van der Waals surface area contributed by atoms with Crippen LogP contribution in [-0.2, 0) is 10.0 Å². The third-order valence-electron chi connectivity index (χ3n) is 5.33. The quantitative estimate of drug-likeness (QED) is 0.329. The van der Waals surface area contributed by atoms with Crippen LogP contribution in [0.15, 0.2) is 45.7 Å². The first-order valence-corrected chi connectivity index (χ1v) is 12.7. The number of amides is 1. The fraction of sp³-hybridized carbons (Fsp3) is 0.217. The number of fused-ring (bicyclic) bond motifs is 1. The Morgan fingerprint density at radius 3 is 2.60 bits per heavy atom. The minimum atomic E-state index is -3.82. The van der Waals surface area contributed by atoms with Gasteiger partial charge >= 0.3 is 0 Å². The molecule has 0 saturated heterocycles. The first-order valence-electron chi connectivity index (χ1n) is 10.5. The third kappa shape index (κ3) is 5.05. The van der Waals surface area contributed by atoms with Crippen molar-refractivity contribution >= 4 is 44.2 Å². The molecular weight excluding hydrogens is 494 g/mol. The SMILES string of the molecule is Cc1cc(C(C)Nc2ccc(Cl)nc2C(=O)NS(C)(=O)=O)c2oc(-c3ccn[nH]3)c(C)c(=O)c2c1. The van der Waals surface area contributed by atoms with Gasteiger partial charge in [0.05, 0.1) is 23.4 Å². The van der Waals surface area contributed by atoms with Crippen molar-refractivity contribution in [2.24, 2.45) is 0 Å². The number of carbonyl (C=O) groups excluding carboxylic acids is 1. The molecule has 0 spiro atoms. The summed E-state index contributed by atoms with van der Waals surface area (Å²) in [6.07, 6.45) is 2.43. The Morgan fingerprint density at radius 2 is 1.94 bits per heavy atom. The number of aromatic amines is 1. The largest absolute Gasteiger partial charge is 0.454 e. The average molecular weight is 516 g/mol. The molecule has 1 aromatic carbocycles. The number of sulfonamides is 1. The van der Waals surface area contributed by atoms with Crippen molar-refractivity contribution in [3.8, 4) is 11.5 Å². The van der Waals surface area contributed by atoms with Crippen LogP contribution in [0, 0.1) is 13.8 Å². The van der Waals surface area contributed by atoms with E-state index in [2.05, 4.69) is 20.5 Å². The van der Waals surface area contributed by atoms with E-state index in [1.54, 1.807) is 25.3 Å². The Bertz CT molecular complexity index is 1610. The van der Waals surface area contributed by atoms with Crippen molar-refractivity contribution < 1.29 is 17.6 Å². The lowest BCUT2D eigenvalue weighted by molar-refractivity contribution is 0.0977. The maximum Gasteiger partial charge on any atom is 0.285 e. The van der Waals surface area contributed by atoms with Gasteiger partial charge in [0.2, 0.25) is 10.0 Å². The molecule has 12 heteroatoms. The third-order valence-corrected chi connectivity index (χ3v) is 6.10. The number of aryl methyl sites for hydroxylation is 1. The van der Waals surface area contributed by atoms with Crippen LogP contribution in [0.3, 0.4) is 0 Å². The molecule has 3 N–H and O–H groups in total. The second-order valence-corrected chi connectivity index (χ2v) is 10.3. The lowest BCUT2D eigenvalue weighted by Crippen LogP contribution is -2.31. The molecule has 10 nitrogen and oxygen atoms in total. The summed E-state index contributed by atoms with van der Waals surface area (Å²) >= 11 is 5.96. The normalized spacial score (nSPS) is 12.5. The molecule has 4 rings (SSSR count). The molecule has 0 aliphatic rings. The van der Waals surface area contributed by atoms with Gasteiger partial charge in [-0.25, -0.2) is 18.1 Å². The van der Waals surface area contributed by atoms with E-state index in [1.165, 1.54) is 12.1 Å². The summed E-state index contributed by atoms with van der Waals surface area (Å²) in [6, 6.07) is 7.86. The molecule has 0 bridgehead atoms. The zero-order valence-electron chi connectivity index (χ0n) is 19.3. The Labute approximate surface area is 205 Å². The zero-order valence-corrected chi connectivity index (χ0v) is 20.8. The smallest absolute Gasteiger partial charge is 0.285 e. The number of anilines is 1. The van der Waals surface area contributed by atoms with Gasteiger partial charge in [-0.05, 0) is 50.6 Å². The summed E-state index contributed by atoms with van der Waals surface area (Å²) in [5, 5.41) is 10.4. The number of hydrogen-bond acceptors (Lipinski definition) is 8. The molecule has 1 unspecified atom stereocenters. The molecule has 0 aliphatic heterocycles. The van der Waals surface area contributed by atoms with E-state index in [0.717, 1.165) is 11.8 Å². The molecule has 0 fully saturated rings. The van der Waals surface area contributed by atoms with Crippen molar-refractivity contribution in [3.05, 3.63) is 74.3 Å². The van der Waals surface area contributed by atoms with Gasteiger partial charge in [0.25, 0.3) is 5.91 Å².